The third-order valence-electron chi connectivity index (χ3n) is 6.90. The van der Waals surface area contributed by atoms with Crippen LogP contribution in [0.3, 0.4) is 0 Å². The summed E-state index contributed by atoms with van der Waals surface area (Å²) in [6.45, 7) is 4.72. The van der Waals surface area contributed by atoms with Crippen molar-refractivity contribution in [3.05, 3.63) is 24.0 Å². The summed E-state index contributed by atoms with van der Waals surface area (Å²) < 4.78 is 0. The summed E-state index contributed by atoms with van der Waals surface area (Å²) in [6, 6.07) is 3.57. The minimum absolute atomic E-state index is 0.0862. The van der Waals surface area contributed by atoms with Gasteiger partial charge in [-0.3, -0.25) is 9.69 Å². The number of pyridine rings is 1. The fourth-order valence-corrected chi connectivity index (χ4v) is 5.00. The van der Waals surface area contributed by atoms with E-state index in [1.807, 2.05) is 6.92 Å². The molecule has 3 rings (SSSR count). The largest absolute Gasteiger partial charge is 0.505 e. The smallest absolute Gasteiger partial charge is 0.276 e. The van der Waals surface area contributed by atoms with Gasteiger partial charge in [0.1, 0.15) is 5.75 Å². The summed E-state index contributed by atoms with van der Waals surface area (Å²) in [5.74, 6) is -0.371. The number of fused-ring (bicyclic) bond motifs is 1. The Labute approximate surface area is 155 Å². The third kappa shape index (κ3) is 3.09. The maximum Gasteiger partial charge on any atom is 0.276 e. The number of nitrogens with zero attached hydrogens (tertiary/aromatic N) is 3. The van der Waals surface area contributed by atoms with Crippen LogP contribution >= 0.6 is 0 Å². The average Bonchev–Trinajstić information content (AvgIpc) is 2.76. The maximum absolute atomic E-state index is 12.7. The second kappa shape index (κ2) is 6.82. The second-order valence-electron chi connectivity index (χ2n) is 8.53. The lowest BCUT2D eigenvalue weighted by atomic mass is 9.67. The molecule has 1 saturated heterocycles. The molecule has 2 fully saturated rings. The predicted octanol–water partition coefficient (Wildman–Crippen LogP) is 2.26. The molecule has 6 nitrogen and oxygen atoms in total. The van der Waals surface area contributed by atoms with E-state index >= 15 is 0 Å². The lowest BCUT2D eigenvalue weighted by Gasteiger charge is -2.43. The first kappa shape index (κ1) is 19.1. The van der Waals surface area contributed by atoms with Crippen molar-refractivity contribution in [2.24, 2.45) is 5.41 Å². The highest BCUT2D eigenvalue weighted by Gasteiger charge is 2.57. The summed E-state index contributed by atoms with van der Waals surface area (Å²) in [5.41, 5.74) is -0.790. The molecule has 1 aliphatic heterocycles. The van der Waals surface area contributed by atoms with Crippen LogP contribution in [0.15, 0.2) is 18.3 Å². The van der Waals surface area contributed by atoms with Gasteiger partial charge >= 0.3 is 0 Å². The lowest BCUT2D eigenvalue weighted by molar-refractivity contribution is -0.0754. The molecule has 0 aromatic carbocycles. The van der Waals surface area contributed by atoms with Gasteiger partial charge in [-0.25, -0.2) is 4.98 Å². The molecule has 1 saturated carbocycles. The topological polar surface area (TPSA) is 76.9 Å². The van der Waals surface area contributed by atoms with E-state index in [1.54, 1.807) is 18.0 Å². The molecule has 1 aliphatic carbocycles. The minimum Gasteiger partial charge on any atom is -0.505 e. The summed E-state index contributed by atoms with van der Waals surface area (Å²) in [4.78, 5) is 20.7. The summed E-state index contributed by atoms with van der Waals surface area (Å²) >= 11 is 0. The van der Waals surface area contributed by atoms with E-state index in [-0.39, 0.29) is 28.8 Å². The number of aromatic nitrogens is 1. The first-order valence-corrected chi connectivity index (χ1v) is 9.51. The number of likely N-dealkylation sites (tertiary alicyclic amines) is 1. The van der Waals surface area contributed by atoms with Gasteiger partial charge in [0.05, 0.1) is 5.60 Å². The van der Waals surface area contributed by atoms with Crippen molar-refractivity contribution in [3.63, 3.8) is 0 Å². The van der Waals surface area contributed by atoms with Crippen LogP contribution in [0.1, 0.15) is 56.4 Å². The molecule has 0 unspecified atom stereocenters. The first-order chi connectivity index (χ1) is 12.2. The maximum atomic E-state index is 12.7. The van der Waals surface area contributed by atoms with Gasteiger partial charge in [-0.05, 0) is 45.4 Å². The zero-order chi connectivity index (χ0) is 19.1. The SMILES string of the molecule is CN(C[C@H]1C[C@]2(C)[C@@H](CCCC[C@]2(C)O)N1C)C(=O)c1ncccc1O. The number of amides is 1. The van der Waals surface area contributed by atoms with Crippen LogP contribution < -0.4 is 0 Å². The highest BCUT2D eigenvalue weighted by molar-refractivity contribution is 5.94. The zero-order valence-electron chi connectivity index (χ0n) is 16.3. The molecule has 1 aromatic heterocycles. The molecule has 0 spiro atoms. The highest BCUT2D eigenvalue weighted by Crippen LogP contribution is 2.52. The fraction of sp³-hybridized carbons (Fsp3) is 0.700. The van der Waals surface area contributed by atoms with Crippen molar-refractivity contribution in [3.8, 4) is 5.75 Å². The third-order valence-corrected chi connectivity index (χ3v) is 6.90. The Morgan fingerprint density at radius 3 is 2.85 bits per heavy atom. The van der Waals surface area contributed by atoms with Crippen LogP contribution in [-0.2, 0) is 0 Å². The van der Waals surface area contributed by atoms with E-state index in [0.29, 0.717) is 12.6 Å². The van der Waals surface area contributed by atoms with Crippen molar-refractivity contribution in [1.29, 1.82) is 0 Å². The van der Waals surface area contributed by atoms with Gasteiger partial charge < -0.3 is 15.1 Å². The van der Waals surface area contributed by atoms with E-state index in [0.717, 1.165) is 32.1 Å². The Bertz CT molecular complexity index is 678. The van der Waals surface area contributed by atoms with Crippen LogP contribution in [0.4, 0.5) is 0 Å². The van der Waals surface area contributed by atoms with Crippen LogP contribution in [0.5, 0.6) is 5.75 Å². The molecule has 1 amide bonds. The van der Waals surface area contributed by atoms with Gasteiger partial charge in [0.25, 0.3) is 5.91 Å². The average molecular weight is 361 g/mol. The van der Waals surface area contributed by atoms with Crippen molar-refractivity contribution in [1.82, 2.24) is 14.8 Å². The van der Waals surface area contributed by atoms with Gasteiger partial charge in [0.2, 0.25) is 0 Å². The molecule has 0 radical (unpaired) electrons. The van der Waals surface area contributed by atoms with Gasteiger partial charge in [-0.2, -0.15) is 0 Å². The molecule has 26 heavy (non-hydrogen) atoms. The van der Waals surface area contributed by atoms with Gasteiger partial charge in [-0.15, -0.1) is 0 Å². The number of carbonyl (C=O) groups is 1. The minimum atomic E-state index is -0.695. The number of likely N-dealkylation sites (N-methyl/N-ethyl adjacent to an activating group) is 2. The molecule has 2 heterocycles. The molecule has 144 valence electrons. The summed E-state index contributed by atoms with van der Waals surface area (Å²) in [6.07, 6.45) is 6.47. The lowest BCUT2D eigenvalue weighted by Crippen LogP contribution is -2.50. The van der Waals surface area contributed by atoms with Crippen LogP contribution in [-0.4, -0.2) is 69.2 Å². The molecule has 6 heteroatoms. The Morgan fingerprint density at radius 1 is 1.42 bits per heavy atom. The number of hydrogen-bond donors (Lipinski definition) is 2. The van der Waals surface area contributed by atoms with E-state index in [1.165, 1.54) is 12.3 Å². The molecule has 1 aromatic rings. The zero-order valence-corrected chi connectivity index (χ0v) is 16.3. The quantitative estimate of drug-likeness (QED) is 0.864. The van der Waals surface area contributed by atoms with E-state index < -0.39 is 5.60 Å². The van der Waals surface area contributed by atoms with Crippen molar-refractivity contribution >= 4 is 5.91 Å². The molecular weight excluding hydrogens is 330 g/mol. The van der Waals surface area contributed by atoms with Crippen molar-refractivity contribution < 1.29 is 15.0 Å². The number of aliphatic hydroxyl groups is 1. The normalized spacial score (nSPS) is 35.0. The Kier molecular flexibility index (Phi) is 5.01. The molecular formula is C20H31N3O3. The predicted molar refractivity (Wildman–Crippen MR) is 100 cm³/mol. The molecule has 2 aliphatic rings. The van der Waals surface area contributed by atoms with Crippen molar-refractivity contribution in [2.75, 3.05) is 20.6 Å². The summed E-state index contributed by atoms with van der Waals surface area (Å²) in [5, 5.41) is 21.0. The number of carbonyl (C=O) groups excluding carboxylic acids is 1. The van der Waals surface area contributed by atoms with Gasteiger partial charge in [0.15, 0.2) is 5.69 Å². The number of aromatic hydroxyl groups is 1. The van der Waals surface area contributed by atoms with Crippen LogP contribution in [0.2, 0.25) is 0 Å². The van der Waals surface area contributed by atoms with Crippen LogP contribution in [0.25, 0.3) is 0 Å². The van der Waals surface area contributed by atoms with Crippen molar-refractivity contribution in [2.45, 2.75) is 63.6 Å². The van der Waals surface area contributed by atoms with E-state index in [9.17, 15) is 15.0 Å². The van der Waals surface area contributed by atoms with Gasteiger partial charge in [0, 0.05) is 37.3 Å². The number of rotatable bonds is 3. The molecule has 2 N–H and O–H groups in total. The number of hydrogen-bond acceptors (Lipinski definition) is 5. The second-order valence-corrected chi connectivity index (χ2v) is 8.53. The highest BCUT2D eigenvalue weighted by atomic mass is 16.3. The van der Waals surface area contributed by atoms with Crippen LogP contribution in [0, 0.1) is 5.41 Å². The Hall–Kier alpha value is -1.66. The first-order valence-electron chi connectivity index (χ1n) is 9.51. The summed E-state index contributed by atoms with van der Waals surface area (Å²) in [7, 11) is 3.86. The fourth-order valence-electron chi connectivity index (χ4n) is 5.00. The monoisotopic (exact) mass is 361 g/mol. The standard InChI is InChI=1S/C20H31N3O3/c1-19-12-14(23(4)16(19)9-5-6-10-20(19,2)26)13-22(3)18(25)17-15(24)8-7-11-21-17/h7-8,11,14,16,24,26H,5-6,9-10,12-13H2,1-4H3/t14-,16-,19-,20+/m1/s1. The van der Waals surface area contributed by atoms with Gasteiger partial charge in [-0.1, -0.05) is 19.8 Å². The molecule has 0 bridgehead atoms. The van der Waals surface area contributed by atoms with E-state index in [4.69, 9.17) is 0 Å². The Morgan fingerprint density at radius 2 is 2.15 bits per heavy atom. The molecule has 4 atom stereocenters. The van der Waals surface area contributed by atoms with E-state index in [2.05, 4.69) is 23.9 Å². The Balaban J connectivity index is 1.77.